The first kappa shape index (κ1) is 27.8. The zero-order chi connectivity index (χ0) is 28.8. The van der Waals surface area contributed by atoms with Crippen LogP contribution in [0, 0.1) is 17.0 Å². The van der Waals surface area contributed by atoms with Crippen LogP contribution >= 0.6 is 0 Å². The SMILES string of the molecule is CCOC(=O)CNc1c(-c2ccccc2C)nc2c(C(=O)NC(CC(=O)O)c3cccc([N+](=O)[O-])c3)cccn12. The number of nitrogens with one attached hydrogen (secondary N) is 2. The minimum Gasteiger partial charge on any atom is -0.481 e. The number of carbonyl (C=O) groups excluding carboxylic acids is 2. The van der Waals surface area contributed by atoms with Crippen LogP contribution in [0.15, 0.2) is 66.9 Å². The maximum absolute atomic E-state index is 13.5. The van der Waals surface area contributed by atoms with Crippen molar-refractivity contribution in [3.05, 3.63) is 93.7 Å². The summed E-state index contributed by atoms with van der Waals surface area (Å²) in [5.74, 6) is -1.81. The number of anilines is 1. The third-order valence-electron chi connectivity index (χ3n) is 6.17. The van der Waals surface area contributed by atoms with Crippen molar-refractivity contribution in [2.45, 2.75) is 26.3 Å². The van der Waals surface area contributed by atoms with Crippen LogP contribution in [0.1, 0.15) is 40.9 Å². The van der Waals surface area contributed by atoms with Crippen molar-refractivity contribution in [1.82, 2.24) is 14.7 Å². The molecule has 1 unspecified atom stereocenters. The molecule has 0 bridgehead atoms. The van der Waals surface area contributed by atoms with Gasteiger partial charge in [0, 0.05) is 23.9 Å². The van der Waals surface area contributed by atoms with Crippen LogP contribution < -0.4 is 10.6 Å². The quantitative estimate of drug-likeness (QED) is 0.143. The molecule has 4 aromatic rings. The first-order chi connectivity index (χ1) is 19.2. The van der Waals surface area contributed by atoms with Gasteiger partial charge in [0.1, 0.15) is 18.1 Å². The van der Waals surface area contributed by atoms with E-state index in [-0.39, 0.29) is 35.6 Å². The summed E-state index contributed by atoms with van der Waals surface area (Å²) in [6.07, 6.45) is 1.19. The van der Waals surface area contributed by atoms with Gasteiger partial charge in [0.05, 0.1) is 29.6 Å². The smallest absolute Gasteiger partial charge is 0.325 e. The Morgan fingerprint density at radius 1 is 1.12 bits per heavy atom. The molecule has 1 amide bonds. The van der Waals surface area contributed by atoms with E-state index in [1.165, 1.54) is 24.3 Å². The third-order valence-corrected chi connectivity index (χ3v) is 6.17. The molecular weight excluding hydrogens is 518 g/mol. The number of fused-ring (bicyclic) bond motifs is 1. The summed E-state index contributed by atoms with van der Waals surface area (Å²) in [7, 11) is 0. The number of amides is 1. The number of carboxylic acids is 1. The van der Waals surface area contributed by atoms with Crippen LogP contribution in [0.2, 0.25) is 0 Å². The number of aromatic nitrogens is 2. The lowest BCUT2D eigenvalue weighted by molar-refractivity contribution is -0.384. The number of pyridine rings is 1. The molecule has 4 rings (SSSR count). The van der Waals surface area contributed by atoms with E-state index in [4.69, 9.17) is 9.72 Å². The maximum Gasteiger partial charge on any atom is 0.325 e. The third kappa shape index (κ3) is 6.07. The summed E-state index contributed by atoms with van der Waals surface area (Å²) in [5.41, 5.74) is 2.66. The number of nitro groups is 1. The van der Waals surface area contributed by atoms with Crippen molar-refractivity contribution in [3.8, 4) is 11.3 Å². The normalized spacial score (nSPS) is 11.6. The average Bonchev–Trinajstić information content (AvgIpc) is 3.30. The van der Waals surface area contributed by atoms with Gasteiger partial charge in [0.25, 0.3) is 11.6 Å². The van der Waals surface area contributed by atoms with E-state index in [1.807, 2.05) is 31.2 Å². The lowest BCUT2D eigenvalue weighted by Gasteiger charge is -2.17. The van der Waals surface area contributed by atoms with Crippen molar-refractivity contribution < 1.29 is 29.2 Å². The summed E-state index contributed by atoms with van der Waals surface area (Å²) in [6, 6.07) is 15.1. The lowest BCUT2D eigenvalue weighted by Crippen LogP contribution is -2.30. The van der Waals surface area contributed by atoms with E-state index in [0.29, 0.717) is 11.5 Å². The highest BCUT2D eigenvalue weighted by molar-refractivity contribution is 6.01. The number of carboxylic acid groups (broad SMARTS) is 1. The molecule has 0 fully saturated rings. The number of imidazole rings is 1. The highest BCUT2D eigenvalue weighted by Crippen LogP contribution is 2.32. The molecule has 0 spiro atoms. The van der Waals surface area contributed by atoms with Gasteiger partial charge in [-0.15, -0.1) is 0 Å². The van der Waals surface area contributed by atoms with E-state index < -0.39 is 35.2 Å². The van der Waals surface area contributed by atoms with Gasteiger partial charge in [-0.05, 0) is 37.1 Å². The van der Waals surface area contributed by atoms with E-state index in [0.717, 1.165) is 11.1 Å². The highest BCUT2D eigenvalue weighted by atomic mass is 16.6. The fraction of sp³-hybridized carbons (Fsp3) is 0.214. The first-order valence-corrected chi connectivity index (χ1v) is 12.4. The molecule has 0 radical (unpaired) electrons. The second-order valence-electron chi connectivity index (χ2n) is 8.87. The van der Waals surface area contributed by atoms with Crippen LogP contribution in [0.3, 0.4) is 0 Å². The van der Waals surface area contributed by atoms with Crippen molar-refractivity contribution in [3.63, 3.8) is 0 Å². The van der Waals surface area contributed by atoms with Gasteiger partial charge in [-0.25, -0.2) is 4.98 Å². The van der Waals surface area contributed by atoms with Crippen molar-refractivity contribution in [1.29, 1.82) is 0 Å². The molecule has 0 aliphatic carbocycles. The minimum absolute atomic E-state index is 0.135. The molecular formula is C28H27N5O7. The summed E-state index contributed by atoms with van der Waals surface area (Å²) < 4.78 is 6.67. The molecule has 2 aromatic carbocycles. The van der Waals surface area contributed by atoms with Crippen molar-refractivity contribution in [2.24, 2.45) is 0 Å². The molecule has 1 atom stereocenters. The zero-order valence-electron chi connectivity index (χ0n) is 21.8. The standard InChI is InChI=1S/C28H27N5O7/c1-3-40-24(36)16-29-27-25(20-11-5-4-8-17(20)2)31-26-21(12-7-13-32(26)27)28(37)30-22(15-23(34)35)18-9-6-10-19(14-18)33(38)39/h4-14,22,29H,3,15-16H2,1-2H3,(H,30,37)(H,34,35). The monoisotopic (exact) mass is 545 g/mol. The molecule has 3 N–H and O–H groups in total. The number of carbonyl (C=O) groups is 3. The number of benzene rings is 2. The Balaban J connectivity index is 1.77. The summed E-state index contributed by atoms with van der Waals surface area (Å²) in [5, 5.41) is 26.5. The molecule has 0 saturated heterocycles. The van der Waals surface area contributed by atoms with Crippen molar-refractivity contribution >= 4 is 35.0 Å². The van der Waals surface area contributed by atoms with Gasteiger partial charge in [0.2, 0.25) is 0 Å². The number of nitro benzene ring substituents is 1. The van der Waals surface area contributed by atoms with Gasteiger partial charge in [0.15, 0.2) is 5.65 Å². The van der Waals surface area contributed by atoms with Gasteiger partial charge in [-0.1, -0.05) is 36.4 Å². The Labute approximate surface area is 228 Å². The Kier molecular flexibility index (Phi) is 8.38. The number of esters is 1. The van der Waals surface area contributed by atoms with E-state index in [9.17, 15) is 29.6 Å². The number of non-ortho nitro benzene ring substituents is 1. The van der Waals surface area contributed by atoms with Gasteiger partial charge in [-0.2, -0.15) is 0 Å². The fourth-order valence-electron chi connectivity index (χ4n) is 4.33. The molecule has 2 aromatic heterocycles. The number of nitrogens with zero attached hydrogens (tertiary/aromatic N) is 3. The second kappa shape index (κ2) is 12.1. The second-order valence-corrected chi connectivity index (χ2v) is 8.87. The van der Waals surface area contributed by atoms with Crippen LogP contribution in [-0.2, 0) is 14.3 Å². The molecule has 2 heterocycles. The summed E-state index contributed by atoms with van der Waals surface area (Å²) >= 11 is 0. The predicted molar refractivity (Wildman–Crippen MR) is 146 cm³/mol. The van der Waals surface area contributed by atoms with Crippen LogP contribution in [-0.4, -0.2) is 50.4 Å². The van der Waals surface area contributed by atoms with Crippen LogP contribution in [0.25, 0.3) is 16.9 Å². The van der Waals surface area contributed by atoms with Gasteiger partial charge >= 0.3 is 11.9 Å². The molecule has 12 nitrogen and oxygen atoms in total. The Bertz CT molecular complexity index is 1600. The first-order valence-electron chi connectivity index (χ1n) is 12.4. The maximum atomic E-state index is 13.5. The number of hydrogen-bond acceptors (Lipinski definition) is 8. The topological polar surface area (TPSA) is 165 Å². The van der Waals surface area contributed by atoms with E-state index in [2.05, 4.69) is 10.6 Å². The Morgan fingerprint density at radius 2 is 1.90 bits per heavy atom. The lowest BCUT2D eigenvalue weighted by atomic mass is 10.0. The number of aliphatic carboxylic acids is 1. The molecule has 0 saturated carbocycles. The molecule has 0 aliphatic heterocycles. The van der Waals surface area contributed by atoms with E-state index in [1.54, 1.807) is 29.7 Å². The minimum atomic E-state index is -1.19. The summed E-state index contributed by atoms with van der Waals surface area (Å²) in [4.78, 5) is 52.6. The fourth-order valence-corrected chi connectivity index (χ4v) is 4.33. The molecule has 12 heteroatoms. The molecule has 0 aliphatic rings. The molecule has 40 heavy (non-hydrogen) atoms. The largest absolute Gasteiger partial charge is 0.481 e. The summed E-state index contributed by atoms with van der Waals surface area (Å²) in [6.45, 7) is 3.72. The Hall–Kier alpha value is -5.26. The van der Waals surface area contributed by atoms with Gasteiger partial charge in [-0.3, -0.25) is 28.9 Å². The molecule has 206 valence electrons. The number of aryl methyl sites for hydroxylation is 1. The highest BCUT2D eigenvalue weighted by Gasteiger charge is 2.25. The van der Waals surface area contributed by atoms with Crippen molar-refractivity contribution in [2.75, 3.05) is 18.5 Å². The average molecular weight is 546 g/mol. The Morgan fingerprint density at radius 3 is 2.60 bits per heavy atom. The van der Waals surface area contributed by atoms with Crippen LogP contribution in [0.5, 0.6) is 0 Å². The number of hydrogen-bond donors (Lipinski definition) is 3. The number of rotatable bonds is 11. The predicted octanol–water partition coefficient (Wildman–Crippen LogP) is 4.14. The van der Waals surface area contributed by atoms with E-state index >= 15 is 0 Å². The zero-order valence-corrected chi connectivity index (χ0v) is 21.8. The van der Waals surface area contributed by atoms with Gasteiger partial charge < -0.3 is 20.5 Å². The number of ether oxygens (including phenoxy) is 1. The van der Waals surface area contributed by atoms with Crippen LogP contribution in [0.4, 0.5) is 11.5 Å².